The van der Waals surface area contributed by atoms with Crippen LogP contribution in [0.2, 0.25) is 0 Å². The molecule has 1 aliphatic heterocycles. The number of nitro groups is 1. The maximum atomic E-state index is 12.8. The average Bonchev–Trinajstić information content (AvgIpc) is 2.78. The van der Waals surface area contributed by atoms with E-state index in [0.717, 1.165) is 24.5 Å². The van der Waals surface area contributed by atoms with Gasteiger partial charge in [0.1, 0.15) is 17.2 Å². The zero-order valence-electron chi connectivity index (χ0n) is 17.3. The third-order valence-corrected chi connectivity index (χ3v) is 5.33. The number of ether oxygens (including phenoxy) is 2. The molecule has 0 bridgehead atoms. The molecule has 3 rings (SSSR count). The van der Waals surface area contributed by atoms with Gasteiger partial charge in [-0.1, -0.05) is 12.1 Å². The van der Waals surface area contributed by atoms with Crippen LogP contribution in [0.15, 0.2) is 42.5 Å². The van der Waals surface area contributed by atoms with Crippen molar-refractivity contribution in [2.75, 3.05) is 50.6 Å². The molecule has 9 heteroatoms. The number of nitrogens with zero attached hydrogens (tertiary/aromatic N) is 3. The predicted molar refractivity (Wildman–Crippen MR) is 115 cm³/mol. The van der Waals surface area contributed by atoms with E-state index in [0.29, 0.717) is 18.8 Å². The molecular weight excluding hydrogens is 388 g/mol. The Kier molecular flexibility index (Phi) is 6.73. The van der Waals surface area contributed by atoms with Crippen molar-refractivity contribution in [3.63, 3.8) is 0 Å². The fraction of sp³-hybridized carbons (Fsp3) is 0.381. The molecule has 0 aliphatic carbocycles. The molecule has 30 heavy (non-hydrogen) atoms. The monoisotopic (exact) mass is 414 g/mol. The number of anilines is 2. The van der Waals surface area contributed by atoms with Gasteiger partial charge in [0, 0.05) is 26.2 Å². The van der Waals surface area contributed by atoms with E-state index in [1.54, 1.807) is 13.2 Å². The van der Waals surface area contributed by atoms with Crippen LogP contribution < -0.4 is 19.7 Å². The first kappa shape index (κ1) is 21.4. The zero-order valence-corrected chi connectivity index (χ0v) is 17.3. The van der Waals surface area contributed by atoms with Crippen molar-refractivity contribution < 1.29 is 19.2 Å². The number of para-hydroxylation sites is 2. The summed E-state index contributed by atoms with van der Waals surface area (Å²) in [6.45, 7) is 4.69. The third kappa shape index (κ3) is 4.62. The fourth-order valence-corrected chi connectivity index (χ4v) is 3.54. The highest BCUT2D eigenvalue weighted by Crippen LogP contribution is 2.30. The molecule has 1 heterocycles. The van der Waals surface area contributed by atoms with Crippen molar-refractivity contribution in [1.82, 2.24) is 4.90 Å². The fourth-order valence-electron chi connectivity index (χ4n) is 3.54. The van der Waals surface area contributed by atoms with Crippen LogP contribution in [0.25, 0.3) is 0 Å². The second-order valence-electron chi connectivity index (χ2n) is 7.00. The van der Waals surface area contributed by atoms with Crippen LogP contribution in [0, 0.1) is 10.1 Å². The molecule has 0 saturated carbocycles. The lowest BCUT2D eigenvalue weighted by molar-refractivity contribution is -0.384. The number of carbonyl (C=O) groups excluding carboxylic acids is 1. The first-order valence-corrected chi connectivity index (χ1v) is 9.70. The van der Waals surface area contributed by atoms with Crippen molar-refractivity contribution in [2.24, 2.45) is 0 Å². The number of benzene rings is 2. The number of rotatable bonds is 7. The largest absolute Gasteiger partial charge is 0.496 e. The SMILES string of the molecule is COc1ccc(NC(=O)[C@H](C)N2CCN(c3ccccc3OC)CC2)c([N+](=O)[O-])c1. The van der Waals surface area contributed by atoms with Gasteiger partial charge in [0.2, 0.25) is 5.91 Å². The Morgan fingerprint density at radius 3 is 2.43 bits per heavy atom. The van der Waals surface area contributed by atoms with Crippen LogP contribution >= 0.6 is 0 Å². The molecule has 0 aromatic heterocycles. The molecule has 2 aromatic rings. The maximum Gasteiger partial charge on any atom is 0.296 e. The number of hydrogen-bond donors (Lipinski definition) is 1. The molecule has 1 atom stereocenters. The summed E-state index contributed by atoms with van der Waals surface area (Å²) in [7, 11) is 3.09. The number of nitro benzene ring substituents is 1. The summed E-state index contributed by atoms with van der Waals surface area (Å²) < 4.78 is 10.5. The number of amides is 1. The van der Waals surface area contributed by atoms with Gasteiger partial charge in [0.15, 0.2) is 0 Å². The third-order valence-electron chi connectivity index (χ3n) is 5.33. The molecule has 1 saturated heterocycles. The number of nitrogens with one attached hydrogen (secondary N) is 1. The van der Waals surface area contributed by atoms with E-state index in [9.17, 15) is 14.9 Å². The van der Waals surface area contributed by atoms with E-state index in [-0.39, 0.29) is 17.3 Å². The summed E-state index contributed by atoms with van der Waals surface area (Å²) >= 11 is 0. The van der Waals surface area contributed by atoms with Gasteiger partial charge in [-0.25, -0.2) is 0 Å². The highest BCUT2D eigenvalue weighted by Gasteiger charge is 2.28. The van der Waals surface area contributed by atoms with Gasteiger partial charge >= 0.3 is 0 Å². The summed E-state index contributed by atoms with van der Waals surface area (Å²) in [5.74, 6) is 0.901. The smallest absolute Gasteiger partial charge is 0.296 e. The summed E-state index contributed by atoms with van der Waals surface area (Å²) in [4.78, 5) is 27.9. The Labute approximate surface area is 175 Å². The minimum atomic E-state index is -0.533. The van der Waals surface area contributed by atoms with Crippen molar-refractivity contribution in [3.05, 3.63) is 52.6 Å². The zero-order chi connectivity index (χ0) is 21.7. The van der Waals surface area contributed by atoms with Crippen LogP contribution in [-0.4, -0.2) is 62.2 Å². The lowest BCUT2D eigenvalue weighted by atomic mass is 10.1. The van der Waals surface area contributed by atoms with Crippen LogP contribution in [-0.2, 0) is 4.79 Å². The molecule has 160 valence electrons. The first-order chi connectivity index (χ1) is 14.4. The Bertz CT molecular complexity index is 912. The van der Waals surface area contributed by atoms with Gasteiger partial charge in [0.25, 0.3) is 5.69 Å². The van der Waals surface area contributed by atoms with Crippen LogP contribution in [0.5, 0.6) is 11.5 Å². The van der Waals surface area contributed by atoms with Gasteiger partial charge < -0.3 is 19.7 Å². The van der Waals surface area contributed by atoms with Crippen LogP contribution in [0.4, 0.5) is 17.1 Å². The van der Waals surface area contributed by atoms with Crippen molar-refractivity contribution >= 4 is 23.0 Å². The van der Waals surface area contributed by atoms with E-state index in [4.69, 9.17) is 9.47 Å². The molecular formula is C21H26N4O5. The van der Waals surface area contributed by atoms with Gasteiger partial charge in [-0.2, -0.15) is 0 Å². The number of hydrogen-bond acceptors (Lipinski definition) is 7. The van der Waals surface area contributed by atoms with Crippen molar-refractivity contribution in [2.45, 2.75) is 13.0 Å². The van der Waals surface area contributed by atoms with Gasteiger partial charge in [-0.05, 0) is 31.2 Å². The van der Waals surface area contributed by atoms with Crippen LogP contribution in [0.1, 0.15) is 6.92 Å². The van der Waals surface area contributed by atoms with Crippen molar-refractivity contribution in [3.8, 4) is 11.5 Å². The van der Waals surface area contributed by atoms with Crippen molar-refractivity contribution in [1.29, 1.82) is 0 Å². The highest BCUT2D eigenvalue weighted by molar-refractivity contribution is 5.96. The number of piperazine rings is 1. The van der Waals surface area contributed by atoms with E-state index >= 15 is 0 Å². The van der Waals surface area contributed by atoms with Gasteiger partial charge in [0.05, 0.1) is 36.9 Å². The Morgan fingerprint density at radius 1 is 1.10 bits per heavy atom. The first-order valence-electron chi connectivity index (χ1n) is 9.70. The standard InChI is InChI=1S/C21H26N4O5/c1-15(21(26)22-17-9-8-16(29-2)14-19(17)25(27)28)23-10-12-24(13-11-23)18-6-4-5-7-20(18)30-3/h4-9,14-15H,10-13H2,1-3H3,(H,22,26)/t15-/m0/s1. The predicted octanol–water partition coefficient (Wildman–Crippen LogP) is 2.76. The minimum Gasteiger partial charge on any atom is -0.496 e. The van der Waals surface area contributed by atoms with E-state index < -0.39 is 11.0 Å². The molecule has 0 radical (unpaired) electrons. The normalized spacial score (nSPS) is 15.4. The van der Waals surface area contributed by atoms with Gasteiger partial charge in [-0.15, -0.1) is 0 Å². The molecule has 1 amide bonds. The Morgan fingerprint density at radius 2 is 1.80 bits per heavy atom. The Balaban J connectivity index is 1.63. The lowest BCUT2D eigenvalue weighted by Crippen LogP contribution is -2.52. The molecule has 2 aromatic carbocycles. The molecule has 0 spiro atoms. The number of methoxy groups -OCH3 is 2. The number of carbonyl (C=O) groups is 1. The van der Waals surface area contributed by atoms with Crippen LogP contribution in [0.3, 0.4) is 0 Å². The Hall–Kier alpha value is -3.33. The average molecular weight is 414 g/mol. The molecule has 1 fully saturated rings. The second-order valence-corrected chi connectivity index (χ2v) is 7.00. The summed E-state index contributed by atoms with van der Waals surface area (Å²) in [5, 5.41) is 14.0. The second kappa shape index (κ2) is 9.45. The maximum absolute atomic E-state index is 12.8. The molecule has 9 nitrogen and oxygen atoms in total. The quantitative estimate of drug-likeness (QED) is 0.550. The highest BCUT2D eigenvalue weighted by atomic mass is 16.6. The lowest BCUT2D eigenvalue weighted by Gasteiger charge is -2.38. The van der Waals surface area contributed by atoms with E-state index in [1.807, 2.05) is 31.2 Å². The minimum absolute atomic E-state index is 0.158. The molecule has 0 unspecified atom stereocenters. The summed E-state index contributed by atoms with van der Waals surface area (Å²) in [6, 6.07) is 11.8. The summed E-state index contributed by atoms with van der Waals surface area (Å²) in [6.07, 6.45) is 0. The molecule has 1 aliphatic rings. The topological polar surface area (TPSA) is 97.2 Å². The molecule has 1 N–H and O–H groups in total. The van der Waals surface area contributed by atoms with Gasteiger partial charge in [-0.3, -0.25) is 19.8 Å². The van der Waals surface area contributed by atoms with E-state index in [2.05, 4.69) is 15.1 Å². The van der Waals surface area contributed by atoms with E-state index in [1.165, 1.54) is 19.2 Å². The summed E-state index contributed by atoms with van der Waals surface area (Å²) in [5.41, 5.74) is 0.992.